The fraction of sp³-hybridized carbons (Fsp3) is 0.375. The van der Waals surface area contributed by atoms with Crippen LogP contribution in [0.1, 0.15) is 30.3 Å². The van der Waals surface area contributed by atoms with Crippen molar-refractivity contribution in [2.24, 2.45) is 0 Å². The highest BCUT2D eigenvalue weighted by molar-refractivity contribution is 5.90. The summed E-state index contributed by atoms with van der Waals surface area (Å²) in [6.45, 7) is 2.78. The fourth-order valence-electron chi connectivity index (χ4n) is 3.02. The summed E-state index contributed by atoms with van der Waals surface area (Å²) in [4.78, 5) is 14.4. The second-order valence-electron chi connectivity index (χ2n) is 5.72. The van der Waals surface area contributed by atoms with Crippen molar-refractivity contribution < 1.29 is 18.8 Å². The van der Waals surface area contributed by atoms with Crippen LogP contribution in [0.25, 0.3) is 0 Å². The number of nitrogens with one attached hydrogen (secondary N) is 1. The number of likely N-dealkylation sites (tertiary alicyclic amines) is 1. The van der Waals surface area contributed by atoms with Gasteiger partial charge in [-0.2, -0.15) is 0 Å². The van der Waals surface area contributed by atoms with Gasteiger partial charge < -0.3 is 24.2 Å². The van der Waals surface area contributed by atoms with Crippen LogP contribution in [0.2, 0.25) is 0 Å². The maximum Gasteiger partial charge on any atom is 0.322 e. The van der Waals surface area contributed by atoms with E-state index in [0.29, 0.717) is 23.7 Å². The van der Waals surface area contributed by atoms with Crippen molar-refractivity contribution in [2.45, 2.75) is 25.8 Å². The summed E-state index contributed by atoms with van der Waals surface area (Å²) < 4.78 is 15.9. The lowest BCUT2D eigenvalue weighted by Gasteiger charge is -2.23. The molecule has 2 amide bonds. The van der Waals surface area contributed by atoms with Crippen molar-refractivity contribution in [1.82, 2.24) is 10.1 Å². The van der Waals surface area contributed by atoms with Crippen LogP contribution in [0.4, 0.5) is 10.5 Å². The third-order valence-corrected chi connectivity index (χ3v) is 4.11. The lowest BCUT2D eigenvalue weighted by atomic mass is 10.1. The van der Waals surface area contributed by atoms with Crippen molar-refractivity contribution in [3.8, 4) is 11.5 Å². The van der Waals surface area contributed by atoms with Gasteiger partial charge in [-0.3, -0.25) is 0 Å². The van der Waals surface area contributed by atoms with Gasteiger partial charge in [0.1, 0.15) is 0 Å². The molecule has 0 unspecified atom stereocenters. The number of carbonyl (C=O) groups is 1. The van der Waals surface area contributed by atoms with Crippen LogP contribution in [-0.4, -0.2) is 29.4 Å². The molecule has 0 saturated carbocycles. The van der Waals surface area contributed by atoms with E-state index in [-0.39, 0.29) is 18.9 Å². The number of fused-ring (bicyclic) bond motifs is 1. The average molecular weight is 315 g/mol. The van der Waals surface area contributed by atoms with Crippen molar-refractivity contribution in [1.29, 1.82) is 0 Å². The van der Waals surface area contributed by atoms with Gasteiger partial charge >= 0.3 is 6.03 Å². The fourth-order valence-corrected chi connectivity index (χ4v) is 3.02. The Morgan fingerprint density at radius 1 is 1.30 bits per heavy atom. The van der Waals surface area contributed by atoms with E-state index >= 15 is 0 Å². The van der Waals surface area contributed by atoms with Crippen LogP contribution in [-0.2, 0) is 0 Å². The normalized spacial score (nSPS) is 19.2. The lowest BCUT2D eigenvalue weighted by Crippen LogP contribution is -2.34. The molecule has 7 nitrogen and oxygen atoms in total. The van der Waals surface area contributed by atoms with Crippen LogP contribution in [0.15, 0.2) is 28.8 Å². The molecule has 3 heterocycles. The Labute approximate surface area is 133 Å². The van der Waals surface area contributed by atoms with Crippen molar-refractivity contribution in [2.75, 3.05) is 18.7 Å². The molecule has 1 atom stereocenters. The molecule has 2 aliphatic rings. The Hall–Kier alpha value is -2.70. The number of carbonyl (C=O) groups excluding carboxylic acids is 1. The topological polar surface area (TPSA) is 76.8 Å². The van der Waals surface area contributed by atoms with Gasteiger partial charge in [-0.15, -0.1) is 0 Å². The maximum absolute atomic E-state index is 12.6. The molecule has 1 aromatic heterocycles. The predicted octanol–water partition coefficient (Wildman–Crippen LogP) is 3.08. The van der Waals surface area contributed by atoms with E-state index in [1.54, 1.807) is 23.1 Å². The Balaban J connectivity index is 1.50. The Morgan fingerprint density at radius 3 is 3.00 bits per heavy atom. The number of aromatic nitrogens is 1. The van der Waals surface area contributed by atoms with E-state index in [1.807, 2.05) is 13.0 Å². The van der Waals surface area contributed by atoms with Gasteiger partial charge in [0, 0.05) is 24.4 Å². The standard InChI is InChI=1S/C16H17N3O4/c1-10-7-14(23-18-10)12-3-2-6-19(12)16(20)17-11-4-5-13-15(8-11)22-9-21-13/h4-5,7-8,12H,2-3,6,9H2,1H3,(H,17,20)/t12-/m0/s1. The molecule has 0 spiro atoms. The molecule has 1 fully saturated rings. The second kappa shape index (κ2) is 5.49. The molecule has 23 heavy (non-hydrogen) atoms. The second-order valence-corrected chi connectivity index (χ2v) is 5.72. The lowest BCUT2D eigenvalue weighted by molar-refractivity contribution is 0.174. The smallest absolute Gasteiger partial charge is 0.322 e. The van der Waals surface area contributed by atoms with E-state index in [2.05, 4.69) is 10.5 Å². The average Bonchev–Trinajstić information content (AvgIpc) is 3.26. The molecule has 1 N–H and O–H groups in total. The number of hydrogen-bond acceptors (Lipinski definition) is 5. The molecular formula is C16H17N3O4. The van der Waals surface area contributed by atoms with Crippen LogP contribution >= 0.6 is 0 Å². The molecule has 0 bridgehead atoms. The monoisotopic (exact) mass is 315 g/mol. The van der Waals surface area contributed by atoms with Crippen LogP contribution in [0, 0.1) is 6.92 Å². The Bertz CT molecular complexity index is 743. The van der Waals surface area contributed by atoms with Crippen LogP contribution < -0.4 is 14.8 Å². The summed E-state index contributed by atoms with van der Waals surface area (Å²) >= 11 is 0. The molecule has 2 aliphatic heterocycles. The van der Waals surface area contributed by atoms with Gasteiger partial charge in [0.05, 0.1) is 11.7 Å². The maximum atomic E-state index is 12.6. The zero-order valence-electron chi connectivity index (χ0n) is 12.7. The zero-order valence-corrected chi connectivity index (χ0v) is 12.7. The molecule has 0 aliphatic carbocycles. The first-order valence-electron chi connectivity index (χ1n) is 7.61. The first kappa shape index (κ1) is 13.9. The predicted molar refractivity (Wildman–Crippen MR) is 81.5 cm³/mol. The highest BCUT2D eigenvalue weighted by Crippen LogP contribution is 2.36. The Kier molecular flexibility index (Phi) is 3.33. The van der Waals surface area contributed by atoms with E-state index in [4.69, 9.17) is 14.0 Å². The third-order valence-electron chi connectivity index (χ3n) is 4.11. The molecule has 4 rings (SSSR count). The van der Waals surface area contributed by atoms with Crippen molar-refractivity contribution >= 4 is 11.7 Å². The number of urea groups is 1. The number of anilines is 1. The summed E-state index contributed by atoms with van der Waals surface area (Å²) in [6.07, 6.45) is 1.82. The van der Waals surface area contributed by atoms with Gasteiger partial charge in [-0.05, 0) is 31.9 Å². The van der Waals surface area contributed by atoms with Gasteiger partial charge in [-0.25, -0.2) is 4.79 Å². The van der Waals surface area contributed by atoms with Crippen LogP contribution in [0.3, 0.4) is 0 Å². The quantitative estimate of drug-likeness (QED) is 0.921. The van der Waals surface area contributed by atoms with E-state index in [1.165, 1.54) is 0 Å². The van der Waals surface area contributed by atoms with Gasteiger partial charge in [0.2, 0.25) is 6.79 Å². The number of hydrogen-bond donors (Lipinski definition) is 1. The number of nitrogens with zero attached hydrogens (tertiary/aromatic N) is 2. The molecule has 0 radical (unpaired) electrons. The zero-order chi connectivity index (χ0) is 15.8. The molecule has 7 heteroatoms. The summed E-state index contributed by atoms with van der Waals surface area (Å²) in [5.41, 5.74) is 1.50. The van der Waals surface area contributed by atoms with E-state index in [9.17, 15) is 4.79 Å². The highest BCUT2D eigenvalue weighted by atomic mass is 16.7. The number of benzene rings is 1. The third kappa shape index (κ3) is 2.58. The number of rotatable bonds is 2. The molecular weight excluding hydrogens is 298 g/mol. The minimum atomic E-state index is -0.152. The molecule has 1 aromatic carbocycles. The van der Waals surface area contributed by atoms with E-state index < -0.39 is 0 Å². The first-order chi connectivity index (χ1) is 11.2. The van der Waals surface area contributed by atoms with Gasteiger partial charge in [-0.1, -0.05) is 5.16 Å². The molecule has 120 valence electrons. The highest BCUT2D eigenvalue weighted by Gasteiger charge is 2.32. The van der Waals surface area contributed by atoms with Crippen molar-refractivity contribution in [3.63, 3.8) is 0 Å². The summed E-state index contributed by atoms with van der Waals surface area (Å²) in [5, 5.41) is 6.82. The summed E-state index contributed by atoms with van der Waals surface area (Å²) in [7, 11) is 0. The molecule has 1 saturated heterocycles. The first-order valence-corrected chi connectivity index (χ1v) is 7.61. The van der Waals surface area contributed by atoms with Crippen molar-refractivity contribution in [3.05, 3.63) is 35.7 Å². The minimum Gasteiger partial charge on any atom is -0.454 e. The van der Waals surface area contributed by atoms with Gasteiger partial charge in [0.25, 0.3) is 0 Å². The Morgan fingerprint density at radius 2 is 2.17 bits per heavy atom. The number of amides is 2. The minimum absolute atomic E-state index is 0.0646. The number of aryl methyl sites for hydroxylation is 1. The summed E-state index contributed by atoms with van der Waals surface area (Å²) in [5.74, 6) is 2.08. The number of ether oxygens (including phenoxy) is 2. The molecule has 2 aromatic rings. The SMILES string of the molecule is Cc1cc([C@@H]2CCCN2C(=O)Nc2ccc3c(c2)OCO3)on1. The van der Waals surface area contributed by atoms with Gasteiger partial charge in [0.15, 0.2) is 17.3 Å². The summed E-state index contributed by atoms with van der Waals surface area (Å²) in [6, 6.07) is 7.03. The largest absolute Gasteiger partial charge is 0.454 e. The van der Waals surface area contributed by atoms with E-state index in [0.717, 1.165) is 24.3 Å². The van der Waals surface area contributed by atoms with Crippen LogP contribution in [0.5, 0.6) is 11.5 Å².